The van der Waals surface area contributed by atoms with Crippen LogP contribution in [-0.2, 0) is 17.6 Å². The first-order valence-electron chi connectivity index (χ1n) is 10.2. The fraction of sp³-hybridized carbons (Fsp3) is 0.550. The van der Waals surface area contributed by atoms with Crippen LogP contribution in [0.1, 0.15) is 67.4 Å². The number of fused-ring (bicyclic) bond motifs is 1. The summed E-state index contributed by atoms with van der Waals surface area (Å²) in [6.07, 6.45) is 8.49. The maximum absolute atomic E-state index is 12.5. The molecule has 0 spiro atoms. The van der Waals surface area contributed by atoms with Gasteiger partial charge in [-0.1, -0.05) is 50.4 Å². The highest BCUT2D eigenvalue weighted by Crippen LogP contribution is 2.19. The Morgan fingerprint density at radius 3 is 2.72 bits per heavy atom. The minimum absolute atomic E-state index is 0.160. The van der Waals surface area contributed by atoms with E-state index in [0.717, 1.165) is 34.8 Å². The summed E-state index contributed by atoms with van der Waals surface area (Å²) in [6, 6.07) is 1.44. The van der Waals surface area contributed by atoms with E-state index >= 15 is 0 Å². The Morgan fingerprint density at radius 1 is 1.17 bits per heavy atom. The molecule has 2 N–H and O–H groups in total. The molecule has 156 valence electrons. The van der Waals surface area contributed by atoms with Crippen LogP contribution in [0.15, 0.2) is 10.9 Å². The van der Waals surface area contributed by atoms with E-state index in [1.165, 1.54) is 49.5 Å². The van der Waals surface area contributed by atoms with Gasteiger partial charge in [0.2, 0.25) is 11.0 Å². The van der Waals surface area contributed by atoms with Gasteiger partial charge in [-0.05, 0) is 20.3 Å². The number of aromatic nitrogens is 5. The van der Waals surface area contributed by atoms with Crippen LogP contribution < -0.4 is 10.9 Å². The molecule has 0 atom stereocenters. The van der Waals surface area contributed by atoms with Crippen molar-refractivity contribution in [2.45, 2.75) is 72.1 Å². The monoisotopic (exact) mass is 416 g/mol. The van der Waals surface area contributed by atoms with Crippen LogP contribution in [0.4, 0.5) is 5.13 Å². The Morgan fingerprint density at radius 2 is 1.93 bits per heavy atom. The number of nitrogens with zero attached hydrogens (tertiary/aromatic N) is 4. The SMILES string of the molecule is CCCCCCCCc1nnc(NC(=O)Cc2c(C)nc3cc(=O)[nH]n3c2C)s1. The highest BCUT2D eigenvalue weighted by atomic mass is 32.1. The summed E-state index contributed by atoms with van der Waals surface area (Å²) in [5, 5.41) is 15.3. The van der Waals surface area contributed by atoms with E-state index in [0.29, 0.717) is 10.8 Å². The summed E-state index contributed by atoms with van der Waals surface area (Å²) < 4.78 is 1.61. The van der Waals surface area contributed by atoms with Crippen LogP contribution >= 0.6 is 11.3 Å². The van der Waals surface area contributed by atoms with Crippen LogP contribution in [0.3, 0.4) is 0 Å². The van der Waals surface area contributed by atoms with Gasteiger partial charge >= 0.3 is 0 Å². The van der Waals surface area contributed by atoms with Crippen molar-refractivity contribution < 1.29 is 4.79 Å². The molecule has 0 saturated heterocycles. The van der Waals surface area contributed by atoms with Crippen molar-refractivity contribution in [1.82, 2.24) is 24.8 Å². The third-order valence-corrected chi connectivity index (χ3v) is 5.90. The molecule has 0 fully saturated rings. The van der Waals surface area contributed by atoms with E-state index in [9.17, 15) is 9.59 Å². The van der Waals surface area contributed by atoms with Gasteiger partial charge in [-0.25, -0.2) is 9.50 Å². The van der Waals surface area contributed by atoms with Gasteiger partial charge in [0.25, 0.3) is 5.56 Å². The second kappa shape index (κ2) is 9.78. The van der Waals surface area contributed by atoms with E-state index in [-0.39, 0.29) is 17.9 Å². The second-order valence-electron chi connectivity index (χ2n) is 7.32. The maximum Gasteiger partial charge on any atom is 0.266 e. The predicted molar refractivity (Wildman–Crippen MR) is 115 cm³/mol. The van der Waals surface area contributed by atoms with Crippen LogP contribution in [0.2, 0.25) is 0 Å². The number of carbonyl (C=O) groups excluding carboxylic acids is 1. The number of carbonyl (C=O) groups is 1. The van der Waals surface area contributed by atoms with E-state index in [2.05, 4.69) is 32.5 Å². The third kappa shape index (κ3) is 5.50. The second-order valence-corrected chi connectivity index (χ2v) is 8.38. The van der Waals surface area contributed by atoms with Gasteiger partial charge in [0.05, 0.1) is 6.42 Å². The topological polar surface area (TPSA) is 105 Å². The number of hydrogen-bond acceptors (Lipinski definition) is 6. The fourth-order valence-corrected chi connectivity index (χ4v) is 4.19. The van der Waals surface area contributed by atoms with Crippen LogP contribution in [0.5, 0.6) is 0 Å². The Hall–Kier alpha value is -2.55. The molecule has 0 aliphatic carbocycles. The predicted octanol–water partition coefficient (Wildman–Crippen LogP) is 3.58. The van der Waals surface area contributed by atoms with E-state index in [1.807, 2.05) is 13.8 Å². The highest BCUT2D eigenvalue weighted by molar-refractivity contribution is 7.15. The summed E-state index contributed by atoms with van der Waals surface area (Å²) in [4.78, 5) is 28.5. The summed E-state index contributed by atoms with van der Waals surface area (Å²) >= 11 is 1.43. The Bertz CT molecular complexity index is 1040. The molecule has 3 aromatic heterocycles. The molecule has 3 heterocycles. The molecule has 1 amide bonds. The molecular weight excluding hydrogens is 388 g/mol. The van der Waals surface area contributed by atoms with Crippen molar-refractivity contribution in [3.05, 3.63) is 38.4 Å². The van der Waals surface area contributed by atoms with Crippen molar-refractivity contribution in [1.29, 1.82) is 0 Å². The zero-order valence-electron chi connectivity index (χ0n) is 17.2. The van der Waals surface area contributed by atoms with Crippen LogP contribution in [0.25, 0.3) is 5.65 Å². The van der Waals surface area contributed by atoms with Gasteiger partial charge in [-0.3, -0.25) is 14.7 Å². The average molecular weight is 417 g/mol. The number of aromatic amines is 1. The molecule has 8 nitrogen and oxygen atoms in total. The maximum atomic E-state index is 12.5. The number of rotatable bonds is 10. The molecule has 29 heavy (non-hydrogen) atoms. The molecule has 0 bridgehead atoms. The van der Waals surface area contributed by atoms with Crippen LogP contribution in [-0.4, -0.2) is 30.7 Å². The molecule has 0 aromatic carbocycles. The van der Waals surface area contributed by atoms with E-state index in [1.54, 1.807) is 4.52 Å². The number of hydrogen-bond donors (Lipinski definition) is 2. The quantitative estimate of drug-likeness (QED) is 0.492. The number of anilines is 1. The first-order chi connectivity index (χ1) is 14.0. The van der Waals surface area contributed by atoms with Gasteiger partial charge < -0.3 is 5.32 Å². The molecule has 0 saturated carbocycles. The van der Waals surface area contributed by atoms with Gasteiger partial charge in [-0.15, -0.1) is 10.2 Å². The molecule has 3 aromatic rings. The number of amides is 1. The molecule has 0 unspecified atom stereocenters. The zero-order chi connectivity index (χ0) is 20.8. The molecule has 3 rings (SSSR count). The molecular formula is C20H28N6O2S. The van der Waals surface area contributed by atoms with Gasteiger partial charge in [-0.2, -0.15) is 0 Å². The average Bonchev–Trinajstić information content (AvgIpc) is 3.27. The van der Waals surface area contributed by atoms with Crippen molar-refractivity contribution >= 4 is 28.0 Å². The Kier molecular flexibility index (Phi) is 7.13. The number of unbranched alkanes of at least 4 members (excludes halogenated alkanes) is 5. The molecule has 9 heteroatoms. The summed E-state index contributed by atoms with van der Waals surface area (Å²) in [5.74, 6) is -0.172. The van der Waals surface area contributed by atoms with Crippen molar-refractivity contribution in [3.63, 3.8) is 0 Å². The largest absolute Gasteiger partial charge is 0.300 e. The summed E-state index contributed by atoms with van der Waals surface area (Å²) in [6.45, 7) is 5.93. The Labute approximate surface area is 173 Å². The van der Waals surface area contributed by atoms with Crippen LogP contribution in [0, 0.1) is 13.8 Å². The lowest BCUT2D eigenvalue weighted by molar-refractivity contribution is -0.115. The smallest absolute Gasteiger partial charge is 0.266 e. The summed E-state index contributed by atoms with van der Waals surface area (Å²) in [5.41, 5.74) is 2.66. The van der Waals surface area contributed by atoms with Gasteiger partial charge in [0.1, 0.15) is 5.01 Å². The first-order valence-corrected chi connectivity index (χ1v) is 11.0. The standard InChI is InChI=1S/C20H28N6O2S/c1-4-5-6-7-8-9-10-19-23-24-20(29-19)22-17(27)11-15-13(2)21-16-12-18(28)25-26(16)14(15)3/h12H,4-11H2,1-3H3,(H,25,28)(H,22,24,27). The fourth-order valence-electron chi connectivity index (χ4n) is 3.40. The number of H-pyrrole nitrogens is 1. The lowest BCUT2D eigenvalue weighted by Crippen LogP contribution is -2.17. The van der Waals surface area contributed by atoms with Gasteiger partial charge in [0.15, 0.2) is 5.65 Å². The zero-order valence-corrected chi connectivity index (χ0v) is 18.1. The third-order valence-electron chi connectivity index (χ3n) is 5.00. The van der Waals surface area contributed by atoms with Crippen molar-refractivity contribution in [2.75, 3.05) is 5.32 Å². The lowest BCUT2D eigenvalue weighted by Gasteiger charge is -2.10. The highest BCUT2D eigenvalue weighted by Gasteiger charge is 2.15. The minimum atomic E-state index is -0.214. The lowest BCUT2D eigenvalue weighted by atomic mass is 10.1. The van der Waals surface area contributed by atoms with Crippen molar-refractivity contribution in [2.24, 2.45) is 0 Å². The van der Waals surface area contributed by atoms with E-state index in [4.69, 9.17) is 0 Å². The molecule has 0 aliphatic heterocycles. The minimum Gasteiger partial charge on any atom is -0.300 e. The van der Waals surface area contributed by atoms with E-state index < -0.39 is 0 Å². The van der Waals surface area contributed by atoms with Crippen molar-refractivity contribution in [3.8, 4) is 0 Å². The van der Waals surface area contributed by atoms with Gasteiger partial charge in [0, 0.05) is 29.4 Å². The first kappa shape index (κ1) is 21.2. The number of nitrogens with one attached hydrogen (secondary N) is 2. The molecule has 0 aliphatic rings. The summed E-state index contributed by atoms with van der Waals surface area (Å²) in [7, 11) is 0. The Balaban J connectivity index is 1.56. The normalized spacial score (nSPS) is 11.3. The number of aryl methyl sites for hydroxylation is 3. The molecule has 0 radical (unpaired) electrons.